The molecule has 1 atom stereocenters. The molecule has 0 amide bonds. The van der Waals surface area contributed by atoms with E-state index in [0.29, 0.717) is 0 Å². The second kappa shape index (κ2) is 15.7. The zero-order valence-corrected chi connectivity index (χ0v) is 23.8. The van der Waals surface area contributed by atoms with Crippen LogP contribution >= 0.6 is 0 Å². The van der Waals surface area contributed by atoms with E-state index in [4.69, 9.17) is 9.72 Å². The Morgan fingerprint density at radius 2 is 1.50 bits per heavy atom. The summed E-state index contributed by atoms with van der Waals surface area (Å²) in [5.41, 5.74) is 4.55. The van der Waals surface area contributed by atoms with E-state index < -0.39 is 0 Å². The predicted molar refractivity (Wildman–Crippen MR) is 160 cm³/mol. The lowest BCUT2D eigenvalue weighted by Gasteiger charge is -2.15. The third-order valence-corrected chi connectivity index (χ3v) is 8.12. The number of aromatic nitrogens is 2. The fraction of sp³-hybridized carbons (Fsp3) is 0.543. The quantitative estimate of drug-likeness (QED) is 0.179. The van der Waals surface area contributed by atoms with Crippen molar-refractivity contribution in [1.29, 1.82) is 0 Å². The Hall–Kier alpha value is -2.68. The van der Waals surface area contributed by atoms with Crippen LogP contribution in [0.1, 0.15) is 109 Å². The molecule has 3 nitrogen and oxygen atoms in total. The second-order valence-corrected chi connectivity index (χ2v) is 11.4. The van der Waals surface area contributed by atoms with Gasteiger partial charge in [0.15, 0.2) is 5.82 Å². The average Bonchev–Trinajstić information content (AvgIpc) is 3.48. The predicted octanol–water partition coefficient (Wildman–Crippen LogP) is 10.2. The highest BCUT2D eigenvalue weighted by molar-refractivity contribution is 5.64. The van der Waals surface area contributed by atoms with Gasteiger partial charge >= 0.3 is 0 Å². The fourth-order valence-electron chi connectivity index (χ4n) is 5.75. The second-order valence-electron chi connectivity index (χ2n) is 11.4. The Morgan fingerprint density at radius 3 is 2.26 bits per heavy atom. The van der Waals surface area contributed by atoms with E-state index in [0.717, 1.165) is 40.7 Å². The molecule has 1 fully saturated rings. The Kier molecular flexibility index (Phi) is 11.7. The normalized spacial score (nSPS) is 14.6. The van der Waals surface area contributed by atoms with Crippen molar-refractivity contribution in [3.63, 3.8) is 0 Å². The first-order valence-corrected chi connectivity index (χ1v) is 15.4. The summed E-state index contributed by atoms with van der Waals surface area (Å²) in [5.74, 6) is 2.71. The number of nitrogens with zero attached hydrogens (tertiary/aromatic N) is 2. The molecule has 0 bridgehead atoms. The van der Waals surface area contributed by atoms with Crippen LogP contribution in [0.5, 0.6) is 5.75 Å². The number of benzene rings is 2. The summed E-state index contributed by atoms with van der Waals surface area (Å²) in [6.07, 6.45) is 22.3. The van der Waals surface area contributed by atoms with Gasteiger partial charge in [-0.1, -0.05) is 102 Å². The first-order valence-electron chi connectivity index (χ1n) is 15.4. The number of aryl methyl sites for hydroxylation is 1. The van der Waals surface area contributed by atoms with Gasteiger partial charge in [-0.05, 0) is 74.4 Å². The Balaban J connectivity index is 1.23. The van der Waals surface area contributed by atoms with Crippen LogP contribution in [0.3, 0.4) is 0 Å². The van der Waals surface area contributed by atoms with Gasteiger partial charge in [0.05, 0.1) is 11.8 Å². The van der Waals surface area contributed by atoms with Gasteiger partial charge in [-0.2, -0.15) is 0 Å². The SMILES string of the molecule is CCCCCCC(C)Oc1ccc(-c2nccc(-c3ccc(CCCCCCC4CCCC4)cc3)n2)cc1. The van der Waals surface area contributed by atoms with Gasteiger partial charge in [-0.15, -0.1) is 0 Å². The summed E-state index contributed by atoms with van der Waals surface area (Å²) < 4.78 is 6.12. The molecule has 1 aliphatic rings. The van der Waals surface area contributed by atoms with Crippen LogP contribution in [0.2, 0.25) is 0 Å². The lowest BCUT2D eigenvalue weighted by molar-refractivity contribution is 0.206. The molecule has 0 spiro atoms. The van der Waals surface area contributed by atoms with Crippen LogP contribution < -0.4 is 4.74 Å². The highest BCUT2D eigenvalue weighted by Crippen LogP contribution is 2.29. The maximum Gasteiger partial charge on any atom is 0.159 e. The Bertz CT molecular complexity index is 1050. The minimum absolute atomic E-state index is 0.238. The molecule has 3 aromatic rings. The van der Waals surface area contributed by atoms with Crippen LogP contribution in [0.25, 0.3) is 22.6 Å². The smallest absolute Gasteiger partial charge is 0.159 e. The molecule has 1 heterocycles. The van der Waals surface area contributed by atoms with Crippen molar-refractivity contribution in [3.8, 4) is 28.4 Å². The van der Waals surface area contributed by atoms with Gasteiger partial charge in [0.25, 0.3) is 0 Å². The first-order chi connectivity index (χ1) is 18.7. The van der Waals surface area contributed by atoms with Crippen molar-refractivity contribution < 1.29 is 4.74 Å². The lowest BCUT2D eigenvalue weighted by atomic mass is 9.98. The molecule has 2 aromatic carbocycles. The topological polar surface area (TPSA) is 35.0 Å². The van der Waals surface area contributed by atoms with Crippen LogP contribution in [0.4, 0.5) is 0 Å². The molecular weight excluding hydrogens is 464 g/mol. The van der Waals surface area contributed by atoms with Gasteiger partial charge in [0, 0.05) is 17.3 Å². The third-order valence-electron chi connectivity index (χ3n) is 8.12. The van der Waals surface area contributed by atoms with Crippen molar-refractivity contribution in [1.82, 2.24) is 9.97 Å². The molecule has 204 valence electrons. The number of ether oxygens (including phenoxy) is 1. The Labute approximate surface area is 231 Å². The molecule has 0 aliphatic heterocycles. The molecule has 0 radical (unpaired) electrons. The fourth-order valence-corrected chi connectivity index (χ4v) is 5.75. The van der Waals surface area contributed by atoms with Crippen LogP contribution in [-0.4, -0.2) is 16.1 Å². The minimum atomic E-state index is 0.238. The van der Waals surface area contributed by atoms with Crippen LogP contribution in [0.15, 0.2) is 60.8 Å². The summed E-state index contributed by atoms with van der Waals surface area (Å²) in [6.45, 7) is 4.41. The van der Waals surface area contributed by atoms with Gasteiger partial charge in [-0.25, -0.2) is 9.97 Å². The van der Waals surface area contributed by atoms with Crippen molar-refractivity contribution in [2.75, 3.05) is 0 Å². The highest BCUT2D eigenvalue weighted by atomic mass is 16.5. The van der Waals surface area contributed by atoms with Crippen LogP contribution in [0, 0.1) is 5.92 Å². The molecule has 4 rings (SSSR count). The zero-order valence-electron chi connectivity index (χ0n) is 23.8. The molecule has 1 aliphatic carbocycles. The standard InChI is InChI=1S/C35H48N2O/c1-3-4-5-8-13-28(2)38-33-24-22-32(23-25-33)35-36-27-26-34(37-35)31-20-18-30(19-21-31)15-10-7-6-9-14-29-16-11-12-17-29/h18-29H,3-17H2,1-2H3. The summed E-state index contributed by atoms with van der Waals surface area (Å²) in [7, 11) is 0. The van der Waals surface area contributed by atoms with Gasteiger partial charge in [0.1, 0.15) is 5.75 Å². The Morgan fingerprint density at radius 1 is 0.789 bits per heavy atom. The summed E-state index contributed by atoms with van der Waals surface area (Å²) in [5, 5.41) is 0. The van der Waals surface area contributed by atoms with E-state index >= 15 is 0 Å². The molecular formula is C35H48N2O. The summed E-state index contributed by atoms with van der Waals surface area (Å²) in [4.78, 5) is 9.41. The van der Waals surface area contributed by atoms with Crippen molar-refractivity contribution in [3.05, 3.63) is 66.4 Å². The van der Waals surface area contributed by atoms with Crippen molar-refractivity contribution >= 4 is 0 Å². The molecule has 0 saturated heterocycles. The summed E-state index contributed by atoms with van der Waals surface area (Å²) in [6, 6.07) is 19.2. The zero-order chi connectivity index (χ0) is 26.4. The van der Waals surface area contributed by atoms with Gasteiger partial charge in [0.2, 0.25) is 0 Å². The molecule has 3 heteroatoms. The number of unbranched alkanes of at least 4 members (excludes halogenated alkanes) is 6. The largest absolute Gasteiger partial charge is 0.491 e. The molecule has 1 unspecified atom stereocenters. The average molecular weight is 513 g/mol. The maximum atomic E-state index is 6.12. The van der Waals surface area contributed by atoms with Gasteiger partial charge < -0.3 is 4.74 Å². The monoisotopic (exact) mass is 512 g/mol. The van der Waals surface area contributed by atoms with Crippen molar-refractivity contribution in [2.45, 2.75) is 116 Å². The van der Waals surface area contributed by atoms with Gasteiger partial charge in [-0.3, -0.25) is 0 Å². The number of rotatable bonds is 16. The van der Waals surface area contributed by atoms with E-state index in [1.807, 2.05) is 24.4 Å². The van der Waals surface area contributed by atoms with E-state index in [-0.39, 0.29) is 6.10 Å². The van der Waals surface area contributed by atoms with Crippen LogP contribution in [-0.2, 0) is 6.42 Å². The molecule has 1 saturated carbocycles. The molecule has 1 aromatic heterocycles. The first kappa shape index (κ1) is 28.3. The van der Waals surface area contributed by atoms with E-state index in [2.05, 4.69) is 55.2 Å². The maximum absolute atomic E-state index is 6.12. The van der Waals surface area contributed by atoms with E-state index in [9.17, 15) is 0 Å². The van der Waals surface area contributed by atoms with E-state index in [1.165, 1.54) is 95.5 Å². The van der Waals surface area contributed by atoms with E-state index in [1.54, 1.807) is 0 Å². The molecule has 38 heavy (non-hydrogen) atoms. The number of hydrogen-bond donors (Lipinski definition) is 0. The lowest BCUT2D eigenvalue weighted by Crippen LogP contribution is -2.11. The van der Waals surface area contributed by atoms with Crippen molar-refractivity contribution in [2.24, 2.45) is 5.92 Å². The minimum Gasteiger partial charge on any atom is -0.491 e. The molecule has 0 N–H and O–H groups in total. The third kappa shape index (κ3) is 9.26. The highest BCUT2D eigenvalue weighted by Gasteiger charge is 2.14. The number of hydrogen-bond acceptors (Lipinski definition) is 3. The summed E-state index contributed by atoms with van der Waals surface area (Å²) >= 11 is 0.